The van der Waals surface area contributed by atoms with Gasteiger partial charge in [-0.25, -0.2) is 4.98 Å². The van der Waals surface area contributed by atoms with Gasteiger partial charge in [-0.1, -0.05) is 23.5 Å². The van der Waals surface area contributed by atoms with E-state index in [0.29, 0.717) is 5.75 Å². The Morgan fingerprint density at radius 1 is 1.36 bits per heavy atom. The lowest BCUT2D eigenvalue weighted by atomic mass is 10.2. The molecule has 0 amide bonds. The Balaban J connectivity index is 1.79. The number of hydrogen-bond acceptors (Lipinski definition) is 6. The number of nitrogens with zero attached hydrogens (tertiary/aromatic N) is 2. The van der Waals surface area contributed by atoms with Crippen LogP contribution in [0.15, 0.2) is 46.0 Å². The summed E-state index contributed by atoms with van der Waals surface area (Å²) in [6, 6.07) is 11.2. The molecule has 0 atom stereocenters. The third kappa shape index (κ3) is 3.05. The summed E-state index contributed by atoms with van der Waals surface area (Å²) in [6.07, 6.45) is 1.64. The molecule has 5 nitrogen and oxygen atoms in total. The van der Waals surface area contributed by atoms with Gasteiger partial charge in [0.05, 0.1) is 23.5 Å². The summed E-state index contributed by atoms with van der Waals surface area (Å²) in [6.45, 7) is 0. The number of aromatic hydroxyl groups is 1. The van der Waals surface area contributed by atoms with Crippen LogP contribution in [0.25, 0.3) is 10.2 Å². The number of benzene rings is 2. The fourth-order valence-corrected chi connectivity index (χ4v) is 3.15. The van der Waals surface area contributed by atoms with Crippen LogP contribution in [-0.2, 0) is 0 Å². The van der Waals surface area contributed by atoms with Crippen LogP contribution in [-0.4, -0.2) is 23.4 Å². The maximum absolute atomic E-state index is 9.68. The number of thiazole rings is 1. The first-order valence-corrected chi connectivity index (χ1v) is 7.99. The first-order valence-electron chi connectivity index (χ1n) is 6.38. The monoisotopic (exact) mass is 377 g/mol. The van der Waals surface area contributed by atoms with E-state index in [4.69, 9.17) is 4.74 Å². The fourth-order valence-electron chi connectivity index (χ4n) is 1.90. The number of para-hydroxylation sites is 1. The third-order valence-electron chi connectivity index (χ3n) is 2.96. The Morgan fingerprint density at radius 2 is 2.18 bits per heavy atom. The van der Waals surface area contributed by atoms with Gasteiger partial charge in [-0.2, -0.15) is 5.10 Å². The van der Waals surface area contributed by atoms with Gasteiger partial charge in [0.25, 0.3) is 0 Å². The molecule has 0 bridgehead atoms. The molecule has 2 aromatic carbocycles. The molecule has 0 unspecified atom stereocenters. The lowest BCUT2D eigenvalue weighted by Gasteiger charge is -2.05. The summed E-state index contributed by atoms with van der Waals surface area (Å²) in [4.78, 5) is 4.43. The number of phenols is 1. The van der Waals surface area contributed by atoms with Crippen LogP contribution < -0.4 is 10.2 Å². The molecule has 0 aliphatic rings. The molecule has 1 heterocycles. The van der Waals surface area contributed by atoms with Crippen molar-refractivity contribution in [3.8, 4) is 11.5 Å². The van der Waals surface area contributed by atoms with Crippen LogP contribution in [0.4, 0.5) is 5.13 Å². The molecule has 22 heavy (non-hydrogen) atoms. The third-order valence-corrected chi connectivity index (χ3v) is 4.58. The number of hydrazone groups is 1. The predicted molar refractivity (Wildman–Crippen MR) is 93.2 cm³/mol. The zero-order valence-electron chi connectivity index (χ0n) is 11.6. The summed E-state index contributed by atoms with van der Waals surface area (Å²) in [5.41, 5.74) is 4.64. The maximum atomic E-state index is 9.68. The molecule has 7 heteroatoms. The summed E-state index contributed by atoms with van der Waals surface area (Å²) >= 11 is 4.91. The molecule has 0 spiro atoms. The van der Waals surface area contributed by atoms with E-state index in [-0.39, 0.29) is 5.75 Å². The highest BCUT2D eigenvalue weighted by Gasteiger charge is 2.06. The minimum Gasteiger partial charge on any atom is -0.504 e. The Morgan fingerprint density at radius 3 is 2.95 bits per heavy atom. The fraction of sp³-hybridized carbons (Fsp3) is 0.0667. The van der Waals surface area contributed by atoms with Gasteiger partial charge in [0.15, 0.2) is 11.5 Å². The first-order chi connectivity index (χ1) is 10.7. The van der Waals surface area contributed by atoms with Crippen molar-refractivity contribution in [1.29, 1.82) is 0 Å². The number of hydrogen-bond donors (Lipinski definition) is 2. The topological polar surface area (TPSA) is 66.7 Å². The highest BCUT2D eigenvalue weighted by Crippen LogP contribution is 2.31. The van der Waals surface area contributed by atoms with Crippen molar-refractivity contribution in [2.24, 2.45) is 5.10 Å². The van der Waals surface area contributed by atoms with Crippen molar-refractivity contribution in [2.75, 3.05) is 12.5 Å². The molecule has 0 radical (unpaired) electrons. The molecule has 3 aromatic rings. The van der Waals surface area contributed by atoms with E-state index in [0.717, 1.165) is 25.4 Å². The number of methoxy groups -OCH3 is 1. The van der Waals surface area contributed by atoms with Crippen LogP contribution in [0, 0.1) is 0 Å². The van der Waals surface area contributed by atoms with E-state index < -0.39 is 0 Å². The average molecular weight is 378 g/mol. The second kappa shape index (κ2) is 6.33. The number of fused-ring (bicyclic) bond motifs is 1. The molecular weight excluding hydrogens is 366 g/mol. The van der Waals surface area contributed by atoms with Gasteiger partial charge in [0.2, 0.25) is 5.13 Å². The van der Waals surface area contributed by atoms with Crippen molar-refractivity contribution in [1.82, 2.24) is 4.98 Å². The van der Waals surface area contributed by atoms with Gasteiger partial charge in [0.1, 0.15) is 0 Å². The smallest absolute Gasteiger partial charge is 0.204 e. The maximum Gasteiger partial charge on any atom is 0.204 e. The number of halogens is 1. The largest absolute Gasteiger partial charge is 0.504 e. The second-order valence-corrected chi connectivity index (χ2v) is 6.29. The Bertz CT molecular complexity index is 815. The van der Waals surface area contributed by atoms with Gasteiger partial charge in [0, 0.05) is 10.0 Å². The van der Waals surface area contributed by atoms with Crippen LogP contribution in [0.2, 0.25) is 0 Å². The van der Waals surface area contributed by atoms with Crippen molar-refractivity contribution in [2.45, 2.75) is 0 Å². The number of nitrogens with one attached hydrogen (secondary N) is 1. The van der Waals surface area contributed by atoms with Gasteiger partial charge in [-0.05, 0) is 40.2 Å². The zero-order chi connectivity index (χ0) is 15.5. The molecule has 2 N–H and O–H groups in total. The lowest BCUT2D eigenvalue weighted by molar-refractivity contribution is 0.373. The number of phenolic OH excluding ortho intramolecular Hbond substituents is 1. The lowest BCUT2D eigenvalue weighted by Crippen LogP contribution is -1.92. The molecule has 0 saturated heterocycles. The normalized spacial score (nSPS) is 11.2. The standard InChI is InChI=1S/C15H12BrN3O2S/c1-21-13-6-9(10(16)7-12(13)20)8-17-19-15-18-11-4-2-3-5-14(11)22-15/h2-8,20H,1H3,(H,18,19)/b17-8+. The average Bonchev–Trinajstić information content (AvgIpc) is 2.92. The SMILES string of the molecule is COc1cc(/C=N/Nc2nc3ccccc3s2)c(Br)cc1O. The molecule has 1 aromatic heterocycles. The van der Waals surface area contributed by atoms with Crippen molar-refractivity contribution >= 4 is 48.8 Å². The minimum absolute atomic E-state index is 0.0747. The van der Waals surface area contributed by atoms with Crippen molar-refractivity contribution in [3.05, 3.63) is 46.4 Å². The molecule has 0 saturated carbocycles. The second-order valence-electron chi connectivity index (χ2n) is 4.40. The van der Waals surface area contributed by atoms with Crippen LogP contribution in [0.1, 0.15) is 5.56 Å². The van der Waals surface area contributed by atoms with Gasteiger partial charge >= 0.3 is 0 Å². The van der Waals surface area contributed by atoms with Crippen molar-refractivity contribution in [3.63, 3.8) is 0 Å². The number of ether oxygens (including phenoxy) is 1. The van der Waals surface area contributed by atoms with Gasteiger partial charge < -0.3 is 9.84 Å². The Labute approximate surface area is 139 Å². The predicted octanol–water partition coefficient (Wildman–Crippen LogP) is 4.22. The zero-order valence-corrected chi connectivity index (χ0v) is 14.0. The summed E-state index contributed by atoms with van der Waals surface area (Å²) in [5, 5.41) is 14.6. The van der Waals surface area contributed by atoms with E-state index in [1.165, 1.54) is 18.4 Å². The quantitative estimate of drug-likeness (QED) is 0.527. The molecule has 112 valence electrons. The molecule has 3 rings (SSSR count). The summed E-state index contributed by atoms with van der Waals surface area (Å²) in [5.74, 6) is 0.468. The molecule has 0 aliphatic carbocycles. The highest BCUT2D eigenvalue weighted by atomic mass is 79.9. The van der Waals surface area contributed by atoms with E-state index in [1.807, 2.05) is 24.3 Å². The molecular formula is C15H12BrN3O2S. The Hall–Kier alpha value is -2.12. The van der Waals surface area contributed by atoms with Crippen LogP contribution in [0.3, 0.4) is 0 Å². The van der Waals surface area contributed by atoms with E-state index >= 15 is 0 Å². The number of aromatic nitrogens is 1. The summed E-state index contributed by atoms with van der Waals surface area (Å²) in [7, 11) is 1.50. The minimum atomic E-state index is 0.0747. The van der Waals surface area contributed by atoms with E-state index in [1.54, 1.807) is 18.3 Å². The van der Waals surface area contributed by atoms with E-state index in [9.17, 15) is 5.11 Å². The highest BCUT2D eigenvalue weighted by molar-refractivity contribution is 9.10. The van der Waals surface area contributed by atoms with Crippen molar-refractivity contribution < 1.29 is 9.84 Å². The van der Waals surface area contributed by atoms with E-state index in [2.05, 4.69) is 31.4 Å². The number of anilines is 1. The number of rotatable bonds is 4. The first kappa shape index (κ1) is 14.8. The Kier molecular flexibility index (Phi) is 4.26. The molecule has 0 fully saturated rings. The van der Waals surface area contributed by atoms with Gasteiger partial charge in [-0.3, -0.25) is 5.43 Å². The van der Waals surface area contributed by atoms with Crippen LogP contribution in [0.5, 0.6) is 11.5 Å². The molecule has 0 aliphatic heterocycles. The van der Waals surface area contributed by atoms with Crippen LogP contribution >= 0.6 is 27.3 Å². The summed E-state index contributed by atoms with van der Waals surface area (Å²) < 4.78 is 6.91. The van der Waals surface area contributed by atoms with Gasteiger partial charge in [-0.15, -0.1) is 0 Å².